The first-order valence-electron chi connectivity index (χ1n) is 7.94. The lowest BCUT2D eigenvalue weighted by atomic mass is 10.0. The molecule has 0 aliphatic carbocycles. The van der Waals surface area contributed by atoms with Gasteiger partial charge in [0.2, 0.25) is 0 Å². The lowest BCUT2D eigenvalue weighted by molar-refractivity contribution is 0.175. The van der Waals surface area contributed by atoms with Gasteiger partial charge in [0.15, 0.2) is 0 Å². The standard InChI is InChI=1S/C16H30N4/c1-12(2)11-20-8-6-15(7-9-20)18-13(3)16-10-17-19(5)14(16)4/h10,12-13,15,18H,6-9,11H2,1-5H3. The van der Waals surface area contributed by atoms with Crippen molar-refractivity contribution in [1.82, 2.24) is 20.0 Å². The molecule has 4 heteroatoms. The number of nitrogens with one attached hydrogen (secondary N) is 1. The van der Waals surface area contributed by atoms with Gasteiger partial charge in [-0.05, 0) is 45.7 Å². The number of rotatable bonds is 5. The Balaban J connectivity index is 1.82. The second kappa shape index (κ2) is 6.72. The van der Waals surface area contributed by atoms with Crippen molar-refractivity contribution < 1.29 is 0 Å². The van der Waals surface area contributed by atoms with Gasteiger partial charge < -0.3 is 10.2 Å². The zero-order valence-corrected chi connectivity index (χ0v) is 13.7. The minimum absolute atomic E-state index is 0.394. The number of aromatic nitrogens is 2. The van der Waals surface area contributed by atoms with Crippen LogP contribution in [0.1, 0.15) is 50.9 Å². The minimum Gasteiger partial charge on any atom is -0.307 e. The molecule has 1 unspecified atom stereocenters. The topological polar surface area (TPSA) is 33.1 Å². The molecule has 1 N–H and O–H groups in total. The van der Waals surface area contributed by atoms with Gasteiger partial charge in [-0.15, -0.1) is 0 Å². The molecule has 20 heavy (non-hydrogen) atoms. The summed E-state index contributed by atoms with van der Waals surface area (Å²) in [5, 5.41) is 8.13. The maximum atomic E-state index is 4.34. The normalized spacial score (nSPS) is 19.7. The fourth-order valence-electron chi connectivity index (χ4n) is 3.18. The highest BCUT2D eigenvalue weighted by Crippen LogP contribution is 2.20. The Morgan fingerprint density at radius 2 is 1.95 bits per heavy atom. The van der Waals surface area contributed by atoms with Crippen LogP contribution in [0.25, 0.3) is 0 Å². The summed E-state index contributed by atoms with van der Waals surface area (Å²) in [7, 11) is 2.01. The third-order valence-electron chi connectivity index (χ3n) is 4.44. The van der Waals surface area contributed by atoms with Crippen LogP contribution in [0.2, 0.25) is 0 Å². The lowest BCUT2D eigenvalue weighted by Crippen LogP contribution is -2.44. The molecule has 0 saturated carbocycles. The lowest BCUT2D eigenvalue weighted by Gasteiger charge is -2.34. The molecule has 1 aromatic heterocycles. The van der Waals surface area contributed by atoms with E-state index in [-0.39, 0.29) is 0 Å². The summed E-state index contributed by atoms with van der Waals surface area (Å²) >= 11 is 0. The van der Waals surface area contributed by atoms with Crippen LogP contribution in [0.4, 0.5) is 0 Å². The minimum atomic E-state index is 0.394. The largest absolute Gasteiger partial charge is 0.307 e. The fourth-order valence-corrected chi connectivity index (χ4v) is 3.18. The summed E-state index contributed by atoms with van der Waals surface area (Å²) in [5.74, 6) is 0.775. The first kappa shape index (κ1) is 15.5. The number of hydrogen-bond acceptors (Lipinski definition) is 3. The molecule has 4 nitrogen and oxygen atoms in total. The molecule has 1 saturated heterocycles. The summed E-state index contributed by atoms with van der Waals surface area (Å²) in [6, 6.07) is 1.04. The van der Waals surface area contributed by atoms with E-state index in [9.17, 15) is 0 Å². The fraction of sp³-hybridized carbons (Fsp3) is 0.812. The van der Waals surface area contributed by atoms with Gasteiger partial charge in [-0.1, -0.05) is 13.8 Å². The van der Waals surface area contributed by atoms with Gasteiger partial charge in [-0.25, -0.2) is 0 Å². The number of hydrogen-bond donors (Lipinski definition) is 1. The number of aryl methyl sites for hydroxylation is 1. The monoisotopic (exact) mass is 278 g/mol. The molecule has 0 bridgehead atoms. The summed E-state index contributed by atoms with van der Waals surface area (Å²) in [6.07, 6.45) is 4.52. The predicted molar refractivity (Wildman–Crippen MR) is 83.8 cm³/mol. The molecule has 1 fully saturated rings. The Bertz CT molecular complexity index is 416. The predicted octanol–water partition coefficient (Wildman–Crippen LogP) is 2.50. The Labute approximate surface area is 123 Å². The van der Waals surface area contributed by atoms with Gasteiger partial charge in [0, 0.05) is 36.9 Å². The molecule has 0 amide bonds. The zero-order valence-electron chi connectivity index (χ0n) is 13.7. The van der Waals surface area contributed by atoms with Crippen molar-refractivity contribution in [3.63, 3.8) is 0 Å². The zero-order chi connectivity index (χ0) is 14.7. The molecular formula is C16H30N4. The first-order valence-corrected chi connectivity index (χ1v) is 7.94. The number of piperidine rings is 1. The van der Waals surface area contributed by atoms with Gasteiger partial charge in [-0.2, -0.15) is 5.10 Å². The maximum Gasteiger partial charge on any atom is 0.0540 e. The molecule has 2 heterocycles. The molecule has 1 aromatic rings. The molecule has 0 radical (unpaired) electrons. The average Bonchev–Trinajstić information content (AvgIpc) is 2.72. The summed E-state index contributed by atoms with van der Waals surface area (Å²) in [4.78, 5) is 2.60. The van der Waals surface area contributed by atoms with E-state index in [1.807, 2.05) is 17.9 Å². The smallest absolute Gasteiger partial charge is 0.0540 e. The van der Waals surface area contributed by atoms with Crippen LogP contribution < -0.4 is 5.32 Å². The third-order valence-corrected chi connectivity index (χ3v) is 4.44. The van der Waals surface area contributed by atoms with E-state index in [1.54, 1.807) is 0 Å². The Morgan fingerprint density at radius 1 is 1.30 bits per heavy atom. The van der Waals surface area contributed by atoms with Crippen molar-refractivity contribution in [2.24, 2.45) is 13.0 Å². The Morgan fingerprint density at radius 3 is 2.45 bits per heavy atom. The highest BCUT2D eigenvalue weighted by molar-refractivity contribution is 5.19. The van der Waals surface area contributed by atoms with Crippen molar-refractivity contribution in [2.75, 3.05) is 19.6 Å². The number of likely N-dealkylation sites (tertiary alicyclic amines) is 1. The van der Waals surface area contributed by atoms with Crippen LogP contribution in [0.3, 0.4) is 0 Å². The molecule has 2 rings (SSSR count). The molecular weight excluding hydrogens is 248 g/mol. The maximum absolute atomic E-state index is 4.34. The van der Waals surface area contributed by atoms with Gasteiger partial charge in [-0.3, -0.25) is 4.68 Å². The SMILES string of the molecule is Cc1c(C(C)NC2CCN(CC(C)C)CC2)cnn1C. The van der Waals surface area contributed by atoms with Crippen LogP contribution in [-0.2, 0) is 7.05 Å². The van der Waals surface area contributed by atoms with Gasteiger partial charge >= 0.3 is 0 Å². The van der Waals surface area contributed by atoms with Crippen LogP contribution >= 0.6 is 0 Å². The second-order valence-electron chi connectivity index (χ2n) is 6.67. The molecule has 114 valence electrons. The van der Waals surface area contributed by atoms with E-state index in [2.05, 4.69) is 43.0 Å². The van der Waals surface area contributed by atoms with E-state index < -0.39 is 0 Å². The van der Waals surface area contributed by atoms with E-state index in [1.165, 1.54) is 43.7 Å². The second-order valence-corrected chi connectivity index (χ2v) is 6.67. The molecule has 0 aromatic carbocycles. The molecule has 1 aliphatic heterocycles. The highest BCUT2D eigenvalue weighted by atomic mass is 15.3. The van der Waals surface area contributed by atoms with Crippen LogP contribution in [0.5, 0.6) is 0 Å². The molecule has 0 spiro atoms. The van der Waals surface area contributed by atoms with Crippen LogP contribution in [0, 0.1) is 12.8 Å². The van der Waals surface area contributed by atoms with Crippen LogP contribution in [-0.4, -0.2) is 40.4 Å². The Kier molecular flexibility index (Phi) is 5.22. The van der Waals surface area contributed by atoms with Gasteiger partial charge in [0.05, 0.1) is 6.20 Å². The van der Waals surface area contributed by atoms with E-state index in [0.29, 0.717) is 12.1 Å². The van der Waals surface area contributed by atoms with Crippen molar-refractivity contribution in [3.8, 4) is 0 Å². The molecule has 1 atom stereocenters. The number of nitrogens with zero attached hydrogens (tertiary/aromatic N) is 3. The van der Waals surface area contributed by atoms with Crippen molar-refractivity contribution in [2.45, 2.75) is 52.6 Å². The third kappa shape index (κ3) is 3.83. The van der Waals surface area contributed by atoms with Gasteiger partial charge in [0.1, 0.15) is 0 Å². The Hall–Kier alpha value is -0.870. The van der Waals surface area contributed by atoms with Crippen molar-refractivity contribution in [1.29, 1.82) is 0 Å². The van der Waals surface area contributed by atoms with E-state index >= 15 is 0 Å². The van der Waals surface area contributed by atoms with Crippen LogP contribution in [0.15, 0.2) is 6.20 Å². The molecule has 1 aliphatic rings. The average molecular weight is 278 g/mol. The van der Waals surface area contributed by atoms with E-state index in [4.69, 9.17) is 0 Å². The van der Waals surface area contributed by atoms with E-state index in [0.717, 1.165) is 5.92 Å². The highest BCUT2D eigenvalue weighted by Gasteiger charge is 2.22. The van der Waals surface area contributed by atoms with Gasteiger partial charge in [0.25, 0.3) is 0 Å². The first-order chi connectivity index (χ1) is 9.47. The quantitative estimate of drug-likeness (QED) is 0.898. The summed E-state index contributed by atoms with van der Waals surface area (Å²) in [5.41, 5.74) is 2.60. The summed E-state index contributed by atoms with van der Waals surface area (Å²) in [6.45, 7) is 12.7. The van der Waals surface area contributed by atoms with Crippen molar-refractivity contribution >= 4 is 0 Å². The summed E-state index contributed by atoms with van der Waals surface area (Å²) < 4.78 is 1.96. The van der Waals surface area contributed by atoms with Crippen molar-refractivity contribution in [3.05, 3.63) is 17.5 Å².